The Morgan fingerprint density at radius 3 is 2.79 bits per heavy atom. The van der Waals surface area contributed by atoms with E-state index < -0.39 is 5.56 Å². The maximum Gasteiger partial charge on any atom is 0.283 e. The third kappa shape index (κ3) is 1.21. The molecule has 0 bridgehead atoms. The first-order chi connectivity index (χ1) is 6.72. The van der Waals surface area contributed by atoms with Crippen LogP contribution in [0.1, 0.15) is 0 Å². The number of rotatable bonds is 1. The van der Waals surface area contributed by atoms with Crippen LogP contribution in [0, 0.1) is 0 Å². The Labute approximate surface area is 79.9 Å². The molecule has 4 nitrogen and oxygen atoms in total. The zero-order chi connectivity index (χ0) is 10.1. The van der Waals surface area contributed by atoms with E-state index in [1.165, 1.54) is 6.07 Å². The van der Waals surface area contributed by atoms with Crippen LogP contribution in [0.4, 0.5) is 0 Å². The quantitative estimate of drug-likeness (QED) is 0.690. The molecular formula is C10H9NO3. The first-order valence-corrected chi connectivity index (χ1v) is 4.11. The van der Waals surface area contributed by atoms with Crippen molar-refractivity contribution in [3.05, 3.63) is 40.7 Å². The number of nitrogens with zero attached hydrogens (tertiary/aromatic N) is 1. The lowest BCUT2D eigenvalue weighted by Crippen LogP contribution is -2.15. The van der Waals surface area contributed by atoms with Crippen molar-refractivity contribution in [3.63, 3.8) is 0 Å². The number of hydrogen-bond donors (Lipinski definition) is 1. The van der Waals surface area contributed by atoms with Crippen LogP contribution in [0.3, 0.4) is 0 Å². The van der Waals surface area contributed by atoms with Crippen molar-refractivity contribution in [1.82, 2.24) is 4.73 Å². The Hall–Kier alpha value is -1.97. The largest absolute Gasteiger partial charge is 0.497 e. The molecule has 0 amide bonds. The zero-order valence-electron chi connectivity index (χ0n) is 7.60. The summed E-state index contributed by atoms with van der Waals surface area (Å²) in [5.74, 6) is 0.691. The SMILES string of the molecule is COc1ccc2c(ccc(=O)n2O)c1. The van der Waals surface area contributed by atoms with Crippen LogP contribution >= 0.6 is 0 Å². The first kappa shape index (κ1) is 8.62. The fraction of sp³-hybridized carbons (Fsp3) is 0.100. The first-order valence-electron chi connectivity index (χ1n) is 4.11. The molecular weight excluding hydrogens is 182 g/mol. The van der Waals surface area contributed by atoms with Gasteiger partial charge in [-0.1, -0.05) is 0 Å². The van der Waals surface area contributed by atoms with Gasteiger partial charge in [0.25, 0.3) is 5.56 Å². The van der Waals surface area contributed by atoms with Crippen molar-refractivity contribution in [1.29, 1.82) is 0 Å². The molecule has 2 aromatic rings. The van der Waals surface area contributed by atoms with Crippen LogP contribution in [0.25, 0.3) is 10.9 Å². The Balaban J connectivity index is 2.81. The van der Waals surface area contributed by atoms with E-state index in [-0.39, 0.29) is 0 Å². The minimum atomic E-state index is -0.442. The number of hydrogen-bond acceptors (Lipinski definition) is 3. The number of benzene rings is 1. The lowest BCUT2D eigenvalue weighted by Gasteiger charge is -2.04. The lowest BCUT2D eigenvalue weighted by atomic mass is 10.2. The van der Waals surface area contributed by atoms with E-state index in [1.807, 2.05) is 0 Å². The van der Waals surface area contributed by atoms with Gasteiger partial charge in [-0.25, -0.2) is 0 Å². The summed E-state index contributed by atoms with van der Waals surface area (Å²) in [6, 6.07) is 8.03. The second-order valence-electron chi connectivity index (χ2n) is 2.91. The van der Waals surface area contributed by atoms with E-state index in [4.69, 9.17) is 4.74 Å². The van der Waals surface area contributed by atoms with Gasteiger partial charge in [-0.3, -0.25) is 4.79 Å². The minimum Gasteiger partial charge on any atom is -0.497 e. The molecule has 4 heteroatoms. The molecule has 1 N–H and O–H groups in total. The molecule has 0 atom stereocenters. The highest BCUT2D eigenvalue weighted by molar-refractivity contribution is 5.80. The van der Waals surface area contributed by atoms with Crippen LogP contribution < -0.4 is 10.3 Å². The van der Waals surface area contributed by atoms with Crippen LogP contribution in [0.2, 0.25) is 0 Å². The Bertz CT molecular complexity index is 530. The maximum absolute atomic E-state index is 11.1. The fourth-order valence-electron chi connectivity index (χ4n) is 1.34. The molecule has 0 saturated carbocycles. The molecule has 1 aromatic heterocycles. The average molecular weight is 191 g/mol. The van der Waals surface area contributed by atoms with E-state index in [2.05, 4.69) is 0 Å². The Morgan fingerprint density at radius 1 is 1.29 bits per heavy atom. The highest BCUT2D eigenvalue weighted by Crippen LogP contribution is 2.18. The van der Waals surface area contributed by atoms with Gasteiger partial charge in [0.05, 0.1) is 12.6 Å². The van der Waals surface area contributed by atoms with Gasteiger partial charge < -0.3 is 9.94 Å². The van der Waals surface area contributed by atoms with Gasteiger partial charge in [-0.2, -0.15) is 0 Å². The Kier molecular flexibility index (Phi) is 1.89. The molecule has 0 spiro atoms. The van der Waals surface area contributed by atoms with E-state index in [0.717, 1.165) is 5.39 Å². The minimum absolute atomic E-state index is 0.442. The molecule has 1 heterocycles. The summed E-state index contributed by atoms with van der Waals surface area (Å²) in [4.78, 5) is 11.1. The van der Waals surface area contributed by atoms with E-state index in [0.29, 0.717) is 16.0 Å². The van der Waals surface area contributed by atoms with E-state index in [9.17, 15) is 10.0 Å². The molecule has 0 aliphatic heterocycles. The topological polar surface area (TPSA) is 51.5 Å². The van der Waals surface area contributed by atoms with Crippen LogP contribution in [-0.4, -0.2) is 17.0 Å². The third-order valence-electron chi connectivity index (χ3n) is 2.08. The van der Waals surface area contributed by atoms with Crippen LogP contribution in [0.5, 0.6) is 5.75 Å². The van der Waals surface area contributed by atoms with Crippen LogP contribution in [-0.2, 0) is 0 Å². The molecule has 0 unspecified atom stereocenters. The van der Waals surface area contributed by atoms with Crippen molar-refractivity contribution < 1.29 is 9.94 Å². The molecule has 0 aliphatic carbocycles. The standard InChI is InChI=1S/C10H9NO3/c1-14-8-3-4-9-7(6-8)2-5-10(12)11(9)13/h2-6,13H,1H3. The molecule has 2 rings (SSSR count). The monoisotopic (exact) mass is 191 g/mol. The highest BCUT2D eigenvalue weighted by Gasteiger charge is 2.01. The van der Waals surface area contributed by atoms with Gasteiger partial charge in [0.15, 0.2) is 0 Å². The van der Waals surface area contributed by atoms with Gasteiger partial charge in [-0.05, 0) is 24.3 Å². The smallest absolute Gasteiger partial charge is 0.283 e. The number of ether oxygens (including phenoxy) is 1. The fourth-order valence-corrected chi connectivity index (χ4v) is 1.34. The summed E-state index contributed by atoms with van der Waals surface area (Å²) in [5.41, 5.74) is 0.0287. The molecule has 0 radical (unpaired) electrons. The Morgan fingerprint density at radius 2 is 2.07 bits per heavy atom. The van der Waals surface area contributed by atoms with Gasteiger partial charge in [0, 0.05) is 11.5 Å². The van der Waals surface area contributed by atoms with Gasteiger partial charge in [-0.15, -0.1) is 4.73 Å². The summed E-state index contributed by atoms with van der Waals surface area (Å²) >= 11 is 0. The van der Waals surface area contributed by atoms with E-state index >= 15 is 0 Å². The average Bonchev–Trinajstić information content (AvgIpc) is 2.23. The molecule has 1 aromatic carbocycles. The molecule has 0 aliphatic rings. The van der Waals surface area contributed by atoms with Crippen LogP contribution in [0.15, 0.2) is 35.1 Å². The predicted octanol–water partition coefficient (Wildman–Crippen LogP) is 1.25. The van der Waals surface area contributed by atoms with Gasteiger partial charge in [0.2, 0.25) is 0 Å². The zero-order valence-corrected chi connectivity index (χ0v) is 7.60. The van der Waals surface area contributed by atoms with Crippen molar-refractivity contribution in [2.24, 2.45) is 0 Å². The van der Waals surface area contributed by atoms with Crippen molar-refractivity contribution in [2.75, 3.05) is 7.11 Å². The second kappa shape index (κ2) is 3.06. The second-order valence-corrected chi connectivity index (χ2v) is 2.91. The summed E-state index contributed by atoms with van der Waals surface area (Å²) in [7, 11) is 1.57. The normalized spacial score (nSPS) is 10.4. The lowest BCUT2D eigenvalue weighted by molar-refractivity contribution is 0.188. The van der Waals surface area contributed by atoms with Crippen molar-refractivity contribution in [3.8, 4) is 5.75 Å². The van der Waals surface area contributed by atoms with E-state index in [1.54, 1.807) is 31.4 Å². The summed E-state index contributed by atoms with van der Waals surface area (Å²) in [6.45, 7) is 0. The summed E-state index contributed by atoms with van der Waals surface area (Å²) in [6.07, 6.45) is 0. The number of methoxy groups -OCH3 is 1. The summed E-state index contributed by atoms with van der Waals surface area (Å²) < 4.78 is 5.64. The van der Waals surface area contributed by atoms with Crippen molar-refractivity contribution in [2.45, 2.75) is 0 Å². The maximum atomic E-state index is 11.1. The highest BCUT2D eigenvalue weighted by atomic mass is 16.5. The van der Waals surface area contributed by atoms with Gasteiger partial charge >= 0.3 is 0 Å². The van der Waals surface area contributed by atoms with Crippen molar-refractivity contribution >= 4 is 10.9 Å². The third-order valence-corrected chi connectivity index (χ3v) is 2.08. The predicted molar refractivity (Wildman–Crippen MR) is 51.9 cm³/mol. The molecule has 0 saturated heterocycles. The number of pyridine rings is 1. The molecule has 14 heavy (non-hydrogen) atoms. The number of aromatic nitrogens is 1. The number of fused-ring (bicyclic) bond motifs is 1. The summed E-state index contributed by atoms with van der Waals surface area (Å²) in [5, 5.41) is 10.1. The molecule has 72 valence electrons. The van der Waals surface area contributed by atoms with Gasteiger partial charge in [0.1, 0.15) is 5.75 Å². The molecule has 0 fully saturated rings.